The second-order valence-electron chi connectivity index (χ2n) is 5.68. The number of ether oxygens (including phenoxy) is 1. The molecule has 0 spiro atoms. The van der Waals surface area contributed by atoms with Gasteiger partial charge >= 0.3 is 0 Å². The van der Waals surface area contributed by atoms with Gasteiger partial charge in [0.05, 0.1) is 7.11 Å². The topological polar surface area (TPSA) is 53.9 Å². The van der Waals surface area contributed by atoms with E-state index in [1.807, 2.05) is 30.3 Å². The molecule has 1 amide bonds. The van der Waals surface area contributed by atoms with Crippen molar-refractivity contribution < 1.29 is 9.53 Å². The summed E-state index contributed by atoms with van der Waals surface area (Å²) < 4.78 is 5.24. The average Bonchev–Trinajstić information content (AvgIpc) is 2.84. The highest BCUT2D eigenvalue weighted by Crippen LogP contribution is 2.35. The number of rotatable bonds is 2. The van der Waals surface area contributed by atoms with Crippen molar-refractivity contribution in [2.45, 2.75) is 5.92 Å². The number of guanidine groups is 1. The van der Waals surface area contributed by atoms with Crippen LogP contribution in [0.15, 0.2) is 53.5 Å². The van der Waals surface area contributed by atoms with Gasteiger partial charge in [0.1, 0.15) is 12.3 Å². The van der Waals surface area contributed by atoms with Crippen LogP contribution in [0.5, 0.6) is 5.75 Å². The largest absolute Gasteiger partial charge is 0.497 e. The molecule has 1 unspecified atom stereocenters. The number of carbonyl (C=O) groups is 1. The van der Waals surface area contributed by atoms with Crippen molar-refractivity contribution in [3.05, 3.63) is 59.7 Å². The van der Waals surface area contributed by atoms with E-state index in [2.05, 4.69) is 28.5 Å². The quantitative estimate of drug-likeness (QED) is 0.927. The molecule has 5 nitrogen and oxygen atoms in total. The Hall–Kier alpha value is -2.82. The van der Waals surface area contributed by atoms with Crippen molar-refractivity contribution in [2.75, 3.05) is 25.5 Å². The van der Waals surface area contributed by atoms with Gasteiger partial charge in [-0.25, -0.2) is 4.99 Å². The van der Waals surface area contributed by atoms with Gasteiger partial charge in [-0.3, -0.25) is 9.69 Å². The molecule has 0 aromatic heterocycles. The first-order chi connectivity index (χ1) is 11.3. The van der Waals surface area contributed by atoms with Gasteiger partial charge in [0.2, 0.25) is 5.96 Å². The Morgan fingerprint density at radius 2 is 1.96 bits per heavy atom. The van der Waals surface area contributed by atoms with Crippen LogP contribution in [0.4, 0.5) is 5.69 Å². The Kier molecular flexibility index (Phi) is 3.26. The molecule has 4 rings (SSSR count). The highest BCUT2D eigenvalue weighted by atomic mass is 16.5. The first-order valence-electron chi connectivity index (χ1n) is 7.61. The smallest absolute Gasteiger partial charge is 0.251 e. The zero-order chi connectivity index (χ0) is 15.8. The summed E-state index contributed by atoms with van der Waals surface area (Å²) in [5.74, 6) is 1.62. The fourth-order valence-corrected chi connectivity index (χ4v) is 3.16. The maximum absolute atomic E-state index is 12.1. The van der Waals surface area contributed by atoms with E-state index in [1.165, 1.54) is 5.56 Å². The van der Waals surface area contributed by atoms with Crippen LogP contribution >= 0.6 is 0 Å². The highest BCUT2D eigenvalue weighted by molar-refractivity contribution is 6.09. The van der Waals surface area contributed by atoms with Crippen molar-refractivity contribution >= 4 is 17.6 Å². The number of nitrogens with zero attached hydrogens (tertiary/aromatic N) is 2. The summed E-state index contributed by atoms with van der Waals surface area (Å²) in [5, 5.41) is 3.30. The number of anilines is 1. The third-order valence-corrected chi connectivity index (χ3v) is 4.39. The minimum absolute atomic E-state index is 0.0406. The van der Waals surface area contributed by atoms with Crippen LogP contribution in [0.3, 0.4) is 0 Å². The molecule has 2 aromatic carbocycles. The molecule has 116 valence electrons. The van der Waals surface area contributed by atoms with Gasteiger partial charge in [0, 0.05) is 18.2 Å². The zero-order valence-electron chi connectivity index (χ0n) is 12.8. The highest BCUT2D eigenvalue weighted by Gasteiger charge is 2.33. The predicted molar refractivity (Wildman–Crippen MR) is 88.9 cm³/mol. The average molecular weight is 307 g/mol. The summed E-state index contributed by atoms with van der Waals surface area (Å²) in [6.07, 6.45) is 0. The van der Waals surface area contributed by atoms with E-state index in [-0.39, 0.29) is 18.4 Å². The number of benzene rings is 2. The zero-order valence-corrected chi connectivity index (χ0v) is 12.8. The van der Waals surface area contributed by atoms with Crippen LogP contribution in [-0.4, -0.2) is 37.0 Å². The number of para-hydroxylation sites is 1. The van der Waals surface area contributed by atoms with E-state index < -0.39 is 0 Å². The predicted octanol–water partition coefficient (Wildman–Crippen LogP) is 2.45. The molecule has 0 saturated heterocycles. The summed E-state index contributed by atoms with van der Waals surface area (Å²) in [6, 6.07) is 16.2. The van der Waals surface area contributed by atoms with Crippen LogP contribution < -0.4 is 10.1 Å². The second-order valence-corrected chi connectivity index (χ2v) is 5.68. The number of hydrogen-bond acceptors (Lipinski definition) is 4. The van der Waals surface area contributed by atoms with E-state index in [0.717, 1.165) is 17.0 Å². The first kappa shape index (κ1) is 13.8. The molecule has 23 heavy (non-hydrogen) atoms. The lowest BCUT2D eigenvalue weighted by molar-refractivity contribution is -0.124. The Balaban J connectivity index is 1.80. The molecule has 1 N–H and O–H groups in total. The molecule has 5 heteroatoms. The van der Waals surface area contributed by atoms with Gasteiger partial charge in [-0.15, -0.1) is 0 Å². The standard InChI is InChI=1S/C18H17N3O2/c1-23-13-8-6-12(7-9-13)15-11-21-17(22)10-19-18(21)20-16-5-3-2-4-14(15)16/h2-9,15H,10-11H2,1H3,(H,19,20). The van der Waals surface area contributed by atoms with E-state index >= 15 is 0 Å². The minimum atomic E-state index is 0.0406. The van der Waals surface area contributed by atoms with Gasteiger partial charge in [-0.1, -0.05) is 30.3 Å². The SMILES string of the molecule is COc1ccc(C2CN3C(=O)CN=C3Nc3ccccc32)cc1. The van der Waals surface area contributed by atoms with Gasteiger partial charge in [-0.2, -0.15) is 0 Å². The monoisotopic (exact) mass is 307 g/mol. The number of hydrogen-bond donors (Lipinski definition) is 1. The lowest BCUT2D eigenvalue weighted by Crippen LogP contribution is -2.37. The number of carbonyl (C=O) groups excluding carboxylic acids is 1. The van der Waals surface area contributed by atoms with Crippen molar-refractivity contribution in [3.63, 3.8) is 0 Å². The van der Waals surface area contributed by atoms with Crippen molar-refractivity contribution in [1.82, 2.24) is 4.90 Å². The van der Waals surface area contributed by atoms with E-state index in [9.17, 15) is 4.79 Å². The van der Waals surface area contributed by atoms with Crippen molar-refractivity contribution in [1.29, 1.82) is 0 Å². The lowest BCUT2D eigenvalue weighted by Gasteiger charge is -2.22. The molecule has 2 heterocycles. The molecule has 2 aromatic rings. The molecule has 2 aliphatic heterocycles. The van der Waals surface area contributed by atoms with Gasteiger partial charge in [0.25, 0.3) is 5.91 Å². The van der Waals surface area contributed by atoms with Crippen molar-refractivity contribution in [2.24, 2.45) is 4.99 Å². The molecule has 0 bridgehead atoms. The Bertz CT molecular complexity index is 783. The van der Waals surface area contributed by atoms with E-state index in [0.29, 0.717) is 12.5 Å². The maximum atomic E-state index is 12.1. The van der Waals surface area contributed by atoms with Crippen LogP contribution in [0.25, 0.3) is 0 Å². The Morgan fingerprint density at radius 1 is 1.17 bits per heavy atom. The fraction of sp³-hybridized carbons (Fsp3) is 0.222. The summed E-state index contributed by atoms with van der Waals surface area (Å²) in [5.41, 5.74) is 3.33. The lowest BCUT2D eigenvalue weighted by atomic mass is 9.90. The molecule has 0 fully saturated rings. The van der Waals surface area contributed by atoms with Crippen LogP contribution in [-0.2, 0) is 4.79 Å². The van der Waals surface area contributed by atoms with Gasteiger partial charge < -0.3 is 10.1 Å². The summed E-state index contributed by atoms with van der Waals surface area (Å²) >= 11 is 0. The normalized spacial score (nSPS) is 19.3. The van der Waals surface area contributed by atoms with Gasteiger partial charge in [0.15, 0.2) is 0 Å². The molecule has 2 aliphatic rings. The first-order valence-corrected chi connectivity index (χ1v) is 7.61. The summed E-state index contributed by atoms with van der Waals surface area (Å²) in [7, 11) is 1.66. The van der Waals surface area contributed by atoms with E-state index in [1.54, 1.807) is 12.0 Å². The number of methoxy groups -OCH3 is 1. The van der Waals surface area contributed by atoms with E-state index in [4.69, 9.17) is 4.74 Å². The molecule has 0 radical (unpaired) electrons. The molecular weight excluding hydrogens is 290 g/mol. The third-order valence-electron chi connectivity index (χ3n) is 4.39. The molecular formula is C18H17N3O2. The maximum Gasteiger partial charge on any atom is 0.251 e. The molecule has 0 aliphatic carbocycles. The van der Waals surface area contributed by atoms with Crippen molar-refractivity contribution in [3.8, 4) is 5.75 Å². The number of nitrogens with one attached hydrogen (secondary N) is 1. The van der Waals surface area contributed by atoms with Crippen LogP contribution in [0, 0.1) is 0 Å². The Labute approximate surface area is 134 Å². The minimum Gasteiger partial charge on any atom is -0.497 e. The summed E-state index contributed by atoms with van der Waals surface area (Å²) in [6.45, 7) is 0.813. The molecule has 0 saturated carbocycles. The fourth-order valence-electron chi connectivity index (χ4n) is 3.16. The second kappa shape index (κ2) is 5.43. The van der Waals surface area contributed by atoms with Crippen LogP contribution in [0.2, 0.25) is 0 Å². The van der Waals surface area contributed by atoms with Gasteiger partial charge in [-0.05, 0) is 29.3 Å². The molecule has 1 atom stereocenters. The van der Waals surface area contributed by atoms with Crippen LogP contribution in [0.1, 0.15) is 17.0 Å². The number of aliphatic imine (C=N–C) groups is 1. The number of amides is 1. The third kappa shape index (κ3) is 2.34. The number of fused-ring (bicyclic) bond motifs is 2. The Morgan fingerprint density at radius 3 is 2.74 bits per heavy atom. The summed E-state index contributed by atoms with van der Waals surface area (Å²) in [4.78, 5) is 18.2.